The molecule has 0 heterocycles. The van der Waals surface area contributed by atoms with Crippen LogP contribution in [0.5, 0.6) is 5.75 Å². The van der Waals surface area contributed by atoms with Gasteiger partial charge in [-0.25, -0.2) is 0 Å². The summed E-state index contributed by atoms with van der Waals surface area (Å²) in [6, 6.07) is 12.2. The smallest absolute Gasteiger partial charge is 0.417 e. The first-order valence-electron chi connectivity index (χ1n) is 9.22. The first-order chi connectivity index (χ1) is 13.6. The Kier molecular flexibility index (Phi) is 7.27. The minimum Gasteiger partial charge on any atom is -0.481 e. The monoisotopic (exact) mass is 404 g/mol. The number of ether oxygens (including phenoxy) is 1. The highest BCUT2D eigenvalue weighted by Crippen LogP contribution is 2.34. The number of halogens is 3. The van der Waals surface area contributed by atoms with Crippen molar-refractivity contribution in [3.63, 3.8) is 0 Å². The Bertz CT molecular complexity index is 902. The van der Waals surface area contributed by atoms with Gasteiger partial charge in [0.05, 0.1) is 17.2 Å². The van der Waals surface area contributed by atoms with Crippen LogP contribution in [0.1, 0.15) is 42.5 Å². The molecule has 2 aromatic rings. The first kappa shape index (κ1) is 22.3. The molecule has 4 nitrogen and oxygen atoms in total. The number of hydrogen-bond acceptors (Lipinski definition) is 3. The van der Waals surface area contributed by atoms with Gasteiger partial charge in [0.25, 0.3) is 5.91 Å². The molecule has 0 bridgehead atoms. The summed E-state index contributed by atoms with van der Waals surface area (Å²) in [7, 11) is 0. The average Bonchev–Trinajstić information content (AvgIpc) is 2.65. The molecule has 0 saturated heterocycles. The van der Waals surface area contributed by atoms with E-state index in [1.165, 1.54) is 12.1 Å². The number of nitrogens with one attached hydrogen (secondary N) is 1. The lowest BCUT2D eigenvalue weighted by Crippen LogP contribution is -2.39. The summed E-state index contributed by atoms with van der Waals surface area (Å²) in [6.07, 6.45) is -5.31. The van der Waals surface area contributed by atoms with E-state index in [0.29, 0.717) is 13.0 Å². The van der Waals surface area contributed by atoms with Gasteiger partial charge in [-0.2, -0.15) is 18.4 Å². The second-order valence-corrected chi connectivity index (χ2v) is 7.20. The van der Waals surface area contributed by atoms with Gasteiger partial charge in [-0.1, -0.05) is 38.1 Å². The van der Waals surface area contributed by atoms with Crippen LogP contribution in [-0.4, -0.2) is 12.0 Å². The van der Waals surface area contributed by atoms with Crippen LogP contribution in [0.2, 0.25) is 0 Å². The Morgan fingerprint density at radius 2 is 1.90 bits per heavy atom. The van der Waals surface area contributed by atoms with E-state index < -0.39 is 29.3 Å². The summed E-state index contributed by atoms with van der Waals surface area (Å²) in [6.45, 7) is 6.01. The van der Waals surface area contributed by atoms with Gasteiger partial charge in [0.15, 0.2) is 6.10 Å². The molecule has 1 N–H and O–H groups in total. The molecule has 154 valence electrons. The molecule has 0 spiro atoms. The molecular weight excluding hydrogens is 381 g/mol. The second kappa shape index (κ2) is 9.46. The van der Waals surface area contributed by atoms with E-state index in [9.17, 15) is 18.0 Å². The molecule has 2 rings (SSSR count). The number of alkyl halides is 3. The van der Waals surface area contributed by atoms with Crippen molar-refractivity contribution in [1.82, 2.24) is 5.32 Å². The van der Waals surface area contributed by atoms with Gasteiger partial charge >= 0.3 is 6.18 Å². The van der Waals surface area contributed by atoms with Crippen molar-refractivity contribution in [3.8, 4) is 11.8 Å². The molecule has 7 heteroatoms. The molecule has 0 aliphatic heterocycles. The van der Waals surface area contributed by atoms with Crippen molar-refractivity contribution in [2.24, 2.45) is 5.92 Å². The maximum absolute atomic E-state index is 13.2. The van der Waals surface area contributed by atoms with Crippen molar-refractivity contribution in [3.05, 3.63) is 64.7 Å². The van der Waals surface area contributed by atoms with Gasteiger partial charge in [0.1, 0.15) is 5.75 Å². The number of amides is 1. The normalized spacial score (nSPS) is 12.3. The largest absolute Gasteiger partial charge is 0.481 e. The van der Waals surface area contributed by atoms with E-state index in [1.54, 1.807) is 0 Å². The van der Waals surface area contributed by atoms with Gasteiger partial charge < -0.3 is 10.1 Å². The van der Waals surface area contributed by atoms with Gasteiger partial charge in [-0.15, -0.1) is 0 Å². The molecule has 1 unspecified atom stereocenters. The number of carbonyl (C=O) groups is 1. The third kappa shape index (κ3) is 6.24. The number of hydrogen-bond donors (Lipinski definition) is 1. The zero-order chi connectivity index (χ0) is 21.6. The zero-order valence-corrected chi connectivity index (χ0v) is 16.5. The fourth-order valence-electron chi connectivity index (χ4n) is 2.83. The van der Waals surface area contributed by atoms with E-state index >= 15 is 0 Å². The quantitative estimate of drug-likeness (QED) is 0.707. The number of aryl methyl sites for hydroxylation is 1. The van der Waals surface area contributed by atoms with E-state index in [0.717, 1.165) is 23.3 Å². The molecule has 2 aromatic carbocycles. The Labute approximate surface area is 168 Å². The van der Waals surface area contributed by atoms with Crippen LogP contribution in [0.25, 0.3) is 0 Å². The number of nitriles is 1. The maximum Gasteiger partial charge on any atom is 0.417 e. The molecule has 0 aromatic heterocycles. The Morgan fingerprint density at radius 3 is 2.48 bits per heavy atom. The van der Waals surface area contributed by atoms with Crippen LogP contribution < -0.4 is 10.1 Å². The van der Waals surface area contributed by atoms with Crippen LogP contribution in [0, 0.1) is 24.2 Å². The summed E-state index contributed by atoms with van der Waals surface area (Å²) < 4.78 is 45.2. The Morgan fingerprint density at radius 1 is 1.21 bits per heavy atom. The zero-order valence-electron chi connectivity index (χ0n) is 16.5. The summed E-state index contributed by atoms with van der Waals surface area (Å²) in [5.41, 5.74) is 0.397. The highest BCUT2D eigenvalue weighted by Gasteiger charge is 2.34. The summed E-state index contributed by atoms with van der Waals surface area (Å²) >= 11 is 0. The predicted molar refractivity (Wildman–Crippen MR) is 103 cm³/mol. The van der Waals surface area contributed by atoms with E-state index in [2.05, 4.69) is 5.32 Å². The summed E-state index contributed by atoms with van der Waals surface area (Å²) in [5.74, 6) is -0.419. The molecule has 1 amide bonds. The van der Waals surface area contributed by atoms with Crippen LogP contribution >= 0.6 is 0 Å². The lowest BCUT2D eigenvalue weighted by Gasteiger charge is -2.21. The molecule has 0 aliphatic rings. The molecule has 1 atom stereocenters. The van der Waals surface area contributed by atoms with Crippen LogP contribution in [0.4, 0.5) is 13.2 Å². The highest BCUT2D eigenvalue weighted by atomic mass is 19.4. The molecule has 0 saturated carbocycles. The minimum absolute atomic E-state index is 0.0877. The third-order valence-electron chi connectivity index (χ3n) is 4.39. The van der Waals surface area contributed by atoms with Crippen LogP contribution in [0.15, 0.2) is 42.5 Å². The first-order valence-corrected chi connectivity index (χ1v) is 9.22. The highest BCUT2D eigenvalue weighted by molar-refractivity contribution is 5.81. The van der Waals surface area contributed by atoms with Crippen LogP contribution in [-0.2, 0) is 17.5 Å². The molecule has 0 aliphatic carbocycles. The van der Waals surface area contributed by atoms with Gasteiger partial charge in [-0.05, 0) is 48.6 Å². The molecular formula is C22H23F3N2O2. The summed E-state index contributed by atoms with van der Waals surface area (Å²) in [4.78, 5) is 12.7. The SMILES string of the molecule is Cc1ccccc1CNC(=O)C(CC(C)C)Oc1ccc(C#N)c(C(F)(F)F)c1. The minimum atomic E-state index is -4.69. The van der Waals surface area contributed by atoms with Gasteiger partial charge in [-0.3, -0.25) is 4.79 Å². The lowest BCUT2D eigenvalue weighted by molar-refractivity contribution is -0.137. The molecule has 29 heavy (non-hydrogen) atoms. The number of carbonyl (C=O) groups excluding carboxylic acids is 1. The second-order valence-electron chi connectivity index (χ2n) is 7.20. The van der Waals surface area contributed by atoms with Gasteiger partial charge in [0.2, 0.25) is 0 Å². The van der Waals surface area contributed by atoms with E-state index in [-0.39, 0.29) is 11.7 Å². The fourth-order valence-corrected chi connectivity index (χ4v) is 2.83. The predicted octanol–water partition coefficient (Wildman–Crippen LogP) is 5.00. The van der Waals surface area contributed by atoms with Crippen molar-refractivity contribution in [2.75, 3.05) is 0 Å². The standard InChI is InChI=1S/C22H23F3N2O2/c1-14(2)10-20(21(28)27-13-17-7-5-4-6-15(17)3)29-18-9-8-16(12-26)19(11-18)22(23,24)25/h4-9,11,14,20H,10,13H2,1-3H3,(H,27,28). The number of nitrogens with zero attached hydrogens (tertiary/aromatic N) is 1. The topological polar surface area (TPSA) is 62.1 Å². The Hall–Kier alpha value is -3.01. The Balaban J connectivity index is 2.19. The third-order valence-corrected chi connectivity index (χ3v) is 4.39. The number of rotatable bonds is 7. The maximum atomic E-state index is 13.2. The average molecular weight is 404 g/mol. The van der Waals surface area contributed by atoms with Crippen LogP contribution in [0.3, 0.4) is 0 Å². The van der Waals surface area contributed by atoms with E-state index in [1.807, 2.05) is 45.0 Å². The number of benzene rings is 2. The summed E-state index contributed by atoms with van der Waals surface area (Å²) in [5, 5.41) is 11.7. The van der Waals surface area contributed by atoms with Crippen molar-refractivity contribution in [2.45, 2.75) is 46.0 Å². The van der Waals surface area contributed by atoms with Crippen molar-refractivity contribution in [1.29, 1.82) is 5.26 Å². The van der Waals surface area contributed by atoms with E-state index in [4.69, 9.17) is 10.00 Å². The molecule has 0 fully saturated rings. The fraction of sp³-hybridized carbons (Fsp3) is 0.364. The lowest BCUT2D eigenvalue weighted by atomic mass is 10.0. The van der Waals surface area contributed by atoms with Crippen molar-refractivity contribution < 1.29 is 22.7 Å². The van der Waals surface area contributed by atoms with Gasteiger partial charge in [0, 0.05) is 6.54 Å². The van der Waals surface area contributed by atoms with Crippen molar-refractivity contribution >= 4 is 5.91 Å². The molecule has 0 radical (unpaired) electrons.